The maximum atomic E-state index is 12.6. The summed E-state index contributed by atoms with van der Waals surface area (Å²) in [5, 5.41) is 9.43. The molecule has 5 heteroatoms. The average molecular weight is 297 g/mol. The third-order valence-electron chi connectivity index (χ3n) is 4.09. The van der Waals surface area contributed by atoms with E-state index in [1.54, 1.807) is 12.1 Å². The summed E-state index contributed by atoms with van der Waals surface area (Å²) in [5.41, 5.74) is 1.15. The van der Waals surface area contributed by atoms with Crippen LogP contribution in [0.5, 0.6) is 0 Å². The summed E-state index contributed by atoms with van der Waals surface area (Å²) >= 11 is 0. The summed E-state index contributed by atoms with van der Waals surface area (Å²) in [4.78, 5) is 0.324. The molecule has 2 rings (SSSR count). The number of sulfonamides is 1. The summed E-state index contributed by atoms with van der Waals surface area (Å²) in [6.07, 6.45) is 2.81. The predicted octanol–water partition coefficient (Wildman–Crippen LogP) is 2.03. The quantitative estimate of drug-likeness (QED) is 0.904. The van der Waals surface area contributed by atoms with Gasteiger partial charge < -0.3 is 5.11 Å². The number of aryl methyl sites for hydroxylation is 1. The fourth-order valence-electron chi connectivity index (χ4n) is 2.79. The van der Waals surface area contributed by atoms with Gasteiger partial charge in [-0.2, -0.15) is 4.31 Å². The van der Waals surface area contributed by atoms with Crippen LogP contribution in [0.3, 0.4) is 0 Å². The first-order chi connectivity index (χ1) is 9.50. The van der Waals surface area contributed by atoms with Gasteiger partial charge in [-0.1, -0.05) is 32.4 Å². The Kier molecular flexibility index (Phi) is 4.83. The first-order valence-corrected chi connectivity index (χ1v) is 8.66. The number of benzene rings is 1. The van der Waals surface area contributed by atoms with Crippen LogP contribution in [0.4, 0.5) is 0 Å². The Morgan fingerprint density at radius 2 is 1.95 bits per heavy atom. The molecule has 0 radical (unpaired) electrons. The zero-order valence-corrected chi connectivity index (χ0v) is 12.9. The van der Waals surface area contributed by atoms with Crippen LogP contribution in [0.15, 0.2) is 29.2 Å². The molecule has 0 aromatic heterocycles. The lowest BCUT2D eigenvalue weighted by Gasteiger charge is -2.24. The number of hydrogen-bond donors (Lipinski definition) is 1. The highest BCUT2D eigenvalue weighted by Gasteiger charge is 2.38. The number of aliphatic hydroxyl groups is 1. The molecule has 1 aromatic rings. The van der Waals surface area contributed by atoms with Crippen molar-refractivity contribution in [3.05, 3.63) is 29.8 Å². The Bertz CT molecular complexity index is 539. The molecule has 0 spiro atoms. The Balaban J connectivity index is 2.26. The topological polar surface area (TPSA) is 57.6 Å². The monoisotopic (exact) mass is 297 g/mol. The van der Waals surface area contributed by atoms with Crippen LogP contribution in [0.1, 0.15) is 32.3 Å². The Morgan fingerprint density at radius 1 is 1.30 bits per heavy atom. The Labute approximate surface area is 121 Å². The molecule has 112 valence electrons. The molecule has 0 saturated carbocycles. The summed E-state index contributed by atoms with van der Waals surface area (Å²) in [5.74, 6) is 0.203. The molecule has 1 heterocycles. The normalized spacial score (nSPS) is 24.1. The highest BCUT2D eigenvalue weighted by Crippen LogP contribution is 2.29. The largest absolute Gasteiger partial charge is 0.395 e. The van der Waals surface area contributed by atoms with Gasteiger partial charge in [0, 0.05) is 6.54 Å². The molecule has 2 atom stereocenters. The maximum Gasteiger partial charge on any atom is 0.243 e. The van der Waals surface area contributed by atoms with Crippen molar-refractivity contribution in [2.45, 2.75) is 44.0 Å². The van der Waals surface area contributed by atoms with Crippen LogP contribution in [0, 0.1) is 5.92 Å². The van der Waals surface area contributed by atoms with Gasteiger partial charge in [0.1, 0.15) is 0 Å². The van der Waals surface area contributed by atoms with Crippen molar-refractivity contribution in [1.82, 2.24) is 4.31 Å². The summed E-state index contributed by atoms with van der Waals surface area (Å²) in [7, 11) is -3.49. The molecule has 0 amide bonds. The molecule has 1 aliphatic rings. The van der Waals surface area contributed by atoms with Crippen molar-refractivity contribution in [2.75, 3.05) is 13.2 Å². The zero-order chi connectivity index (χ0) is 14.8. The van der Waals surface area contributed by atoms with Crippen molar-refractivity contribution >= 4 is 10.0 Å². The van der Waals surface area contributed by atoms with Crippen LogP contribution in [0.25, 0.3) is 0 Å². The third-order valence-corrected chi connectivity index (χ3v) is 6.03. The van der Waals surface area contributed by atoms with Gasteiger partial charge in [0.2, 0.25) is 10.0 Å². The smallest absolute Gasteiger partial charge is 0.243 e. The second kappa shape index (κ2) is 6.24. The molecule has 1 aromatic carbocycles. The van der Waals surface area contributed by atoms with Gasteiger partial charge in [-0.15, -0.1) is 0 Å². The second-order valence-electron chi connectivity index (χ2n) is 5.53. The van der Waals surface area contributed by atoms with Crippen molar-refractivity contribution in [3.63, 3.8) is 0 Å². The highest BCUT2D eigenvalue weighted by atomic mass is 32.2. The minimum Gasteiger partial charge on any atom is -0.395 e. The van der Waals surface area contributed by atoms with E-state index in [1.807, 2.05) is 19.1 Å². The lowest BCUT2D eigenvalue weighted by atomic mass is 10.0. The van der Waals surface area contributed by atoms with Gasteiger partial charge >= 0.3 is 0 Å². The number of rotatable bonds is 5. The summed E-state index contributed by atoms with van der Waals surface area (Å²) < 4.78 is 26.7. The molecule has 0 aliphatic carbocycles. The van der Waals surface area contributed by atoms with Crippen molar-refractivity contribution in [2.24, 2.45) is 5.92 Å². The van der Waals surface area contributed by atoms with Crippen LogP contribution in [0.2, 0.25) is 0 Å². The molecule has 4 nitrogen and oxygen atoms in total. The van der Waals surface area contributed by atoms with E-state index in [9.17, 15) is 13.5 Å². The van der Waals surface area contributed by atoms with Gasteiger partial charge in [0.25, 0.3) is 0 Å². The first-order valence-electron chi connectivity index (χ1n) is 7.22. The fourth-order valence-corrected chi connectivity index (χ4v) is 4.52. The summed E-state index contributed by atoms with van der Waals surface area (Å²) in [6.45, 7) is 4.46. The number of hydrogen-bond acceptors (Lipinski definition) is 3. The Morgan fingerprint density at radius 3 is 2.50 bits per heavy atom. The molecule has 20 heavy (non-hydrogen) atoms. The Hall–Kier alpha value is -0.910. The lowest BCUT2D eigenvalue weighted by Crippen LogP contribution is -2.39. The SMILES string of the molecule is CCCc1ccc(S(=O)(=O)N2CCC(C)C2CO)cc1. The maximum absolute atomic E-state index is 12.6. The number of aliphatic hydroxyl groups excluding tert-OH is 1. The first kappa shape index (κ1) is 15.5. The minimum atomic E-state index is -3.49. The van der Waals surface area contributed by atoms with E-state index in [0.717, 1.165) is 24.8 Å². The van der Waals surface area contributed by atoms with Gasteiger partial charge in [-0.05, 0) is 36.5 Å². The molecule has 1 N–H and O–H groups in total. The third kappa shape index (κ3) is 2.90. The number of nitrogens with zero attached hydrogens (tertiary/aromatic N) is 1. The highest BCUT2D eigenvalue weighted by molar-refractivity contribution is 7.89. The fraction of sp³-hybridized carbons (Fsp3) is 0.600. The van der Waals surface area contributed by atoms with Crippen molar-refractivity contribution < 1.29 is 13.5 Å². The molecule has 1 saturated heterocycles. The van der Waals surface area contributed by atoms with E-state index in [2.05, 4.69) is 6.92 Å². The predicted molar refractivity (Wildman–Crippen MR) is 79.0 cm³/mol. The van der Waals surface area contributed by atoms with Gasteiger partial charge in [0.05, 0.1) is 17.5 Å². The van der Waals surface area contributed by atoms with Crippen LogP contribution >= 0.6 is 0 Å². The van der Waals surface area contributed by atoms with Crippen molar-refractivity contribution in [3.8, 4) is 0 Å². The van der Waals surface area contributed by atoms with Crippen LogP contribution in [-0.2, 0) is 16.4 Å². The summed E-state index contributed by atoms with van der Waals surface area (Å²) in [6, 6.07) is 6.82. The molecular weight excluding hydrogens is 274 g/mol. The van der Waals surface area contributed by atoms with E-state index in [4.69, 9.17) is 0 Å². The van der Waals surface area contributed by atoms with Gasteiger partial charge in [0.15, 0.2) is 0 Å². The van der Waals surface area contributed by atoms with Crippen LogP contribution in [-0.4, -0.2) is 37.0 Å². The van der Waals surface area contributed by atoms with E-state index < -0.39 is 10.0 Å². The molecule has 0 bridgehead atoms. The lowest BCUT2D eigenvalue weighted by molar-refractivity contribution is 0.191. The average Bonchev–Trinajstić information content (AvgIpc) is 2.81. The molecule has 1 fully saturated rings. The molecule has 1 aliphatic heterocycles. The zero-order valence-electron chi connectivity index (χ0n) is 12.1. The van der Waals surface area contributed by atoms with E-state index >= 15 is 0 Å². The van der Waals surface area contributed by atoms with Gasteiger partial charge in [-0.25, -0.2) is 8.42 Å². The molecule has 2 unspecified atom stereocenters. The minimum absolute atomic E-state index is 0.117. The van der Waals surface area contributed by atoms with E-state index in [-0.39, 0.29) is 18.6 Å². The second-order valence-corrected chi connectivity index (χ2v) is 7.42. The standard InChI is InChI=1S/C15H23NO3S/c1-3-4-13-5-7-14(8-6-13)20(18,19)16-10-9-12(2)15(16)11-17/h5-8,12,15,17H,3-4,9-11H2,1-2H3. The van der Waals surface area contributed by atoms with Crippen molar-refractivity contribution in [1.29, 1.82) is 0 Å². The molecular formula is C15H23NO3S. The van der Waals surface area contributed by atoms with Crippen LogP contribution < -0.4 is 0 Å². The van der Waals surface area contributed by atoms with Gasteiger partial charge in [-0.3, -0.25) is 0 Å². The van der Waals surface area contributed by atoms with E-state index in [1.165, 1.54) is 4.31 Å². The van der Waals surface area contributed by atoms with E-state index in [0.29, 0.717) is 11.4 Å².